The molecule has 1 saturated heterocycles. The smallest absolute Gasteiger partial charge is 0.269 e. The number of benzene rings is 1. The van der Waals surface area contributed by atoms with E-state index in [2.05, 4.69) is 12.1 Å². The Morgan fingerprint density at radius 2 is 2.10 bits per heavy atom. The van der Waals surface area contributed by atoms with Crippen LogP contribution in [0.3, 0.4) is 0 Å². The number of hydrogen-bond acceptors (Lipinski definition) is 3. The first kappa shape index (κ1) is 14.1. The van der Waals surface area contributed by atoms with Gasteiger partial charge in [0, 0.05) is 19.0 Å². The minimum absolute atomic E-state index is 0.0735. The third kappa shape index (κ3) is 2.67. The van der Waals surface area contributed by atoms with Crippen LogP contribution in [0.4, 0.5) is 0 Å². The highest BCUT2D eigenvalue weighted by Crippen LogP contribution is 2.31. The normalized spacial score (nSPS) is 29.0. The summed E-state index contributed by atoms with van der Waals surface area (Å²) in [5.74, 6) is 0.0735. The average molecular weight is 286 g/mol. The molecule has 4 heteroatoms. The van der Waals surface area contributed by atoms with Crippen LogP contribution in [0.25, 0.3) is 0 Å². The lowest BCUT2D eigenvalue weighted by Gasteiger charge is -2.37. The second-order valence-corrected chi connectivity index (χ2v) is 6.25. The topological polar surface area (TPSA) is 41.9 Å². The zero-order chi connectivity index (χ0) is 14.9. The van der Waals surface area contributed by atoms with Gasteiger partial charge in [-0.2, -0.15) is 0 Å². The van der Waals surface area contributed by atoms with Gasteiger partial charge in [0.05, 0.1) is 5.71 Å². The van der Waals surface area contributed by atoms with E-state index in [1.165, 1.54) is 6.42 Å². The Bertz CT molecular complexity index is 555. The number of amides is 1. The predicted octanol–water partition coefficient (Wildman–Crippen LogP) is 2.97. The molecule has 0 radical (unpaired) electrons. The maximum absolute atomic E-state index is 12.8. The molecule has 0 spiro atoms. The van der Waals surface area contributed by atoms with Gasteiger partial charge in [0.1, 0.15) is 0 Å². The molecule has 2 aliphatic heterocycles. The summed E-state index contributed by atoms with van der Waals surface area (Å²) in [7, 11) is 0. The number of nitrogens with zero attached hydrogens (tertiary/aromatic N) is 2. The van der Waals surface area contributed by atoms with E-state index < -0.39 is 5.60 Å². The van der Waals surface area contributed by atoms with E-state index >= 15 is 0 Å². The highest BCUT2D eigenvalue weighted by Gasteiger charge is 2.45. The summed E-state index contributed by atoms with van der Waals surface area (Å²) in [5, 5.41) is 4.17. The molecule has 1 amide bonds. The molecule has 1 aromatic rings. The first-order chi connectivity index (χ1) is 10.1. The van der Waals surface area contributed by atoms with Gasteiger partial charge in [-0.25, -0.2) is 0 Å². The Morgan fingerprint density at radius 3 is 2.81 bits per heavy atom. The van der Waals surface area contributed by atoms with Gasteiger partial charge >= 0.3 is 0 Å². The number of piperidine rings is 1. The van der Waals surface area contributed by atoms with Crippen molar-refractivity contribution in [1.82, 2.24) is 4.90 Å². The second-order valence-electron chi connectivity index (χ2n) is 6.25. The van der Waals surface area contributed by atoms with Gasteiger partial charge in [-0.15, -0.1) is 0 Å². The van der Waals surface area contributed by atoms with Crippen LogP contribution in [0.15, 0.2) is 35.5 Å². The fraction of sp³-hybridized carbons (Fsp3) is 0.529. The standard InChI is InChI=1S/C17H22N2O2/c1-13-8-6-7-11-19(13)16(20)17(2)12-15(18-21-17)14-9-4-3-5-10-14/h3-5,9-10,13H,6-8,11-12H2,1-2H3/t13-,17-/m1/s1. The molecule has 2 heterocycles. The fourth-order valence-electron chi connectivity index (χ4n) is 3.14. The number of likely N-dealkylation sites (tertiary alicyclic amines) is 1. The summed E-state index contributed by atoms with van der Waals surface area (Å²) in [6.45, 7) is 4.81. The van der Waals surface area contributed by atoms with Gasteiger partial charge in [0.2, 0.25) is 5.60 Å². The van der Waals surface area contributed by atoms with Crippen LogP contribution in [-0.4, -0.2) is 34.7 Å². The molecule has 2 atom stereocenters. The maximum Gasteiger partial charge on any atom is 0.269 e. The summed E-state index contributed by atoms with van der Waals surface area (Å²) in [4.78, 5) is 20.4. The van der Waals surface area contributed by atoms with Crippen LogP contribution in [-0.2, 0) is 9.63 Å². The van der Waals surface area contributed by atoms with E-state index in [1.807, 2.05) is 42.2 Å². The Morgan fingerprint density at radius 1 is 1.33 bits per heavy atom. The molecule has 4 nitrogen and oxygen atoms in total. The number of rotatable bonds is 2. The molecular formula is C17H22N2O2. The lowest BCUT2D eigenvalue weighted by Crippen LogP contribution is -2.52. The van der Waals surface area contributed by atoms with Crippen LogP contribution in [0.1, 0.15) is 45.1 Å². The molecule has 21 heavy (non-hydrogen) atoms. The first-order valence-electron chi connectivity index (χ1n) is 7.72. The van der Waals surface area contributed by atoms with Crippen molar-refractivity contribution in [3.63, 3.8) is 0 Å². The van der Waals surface area contributed by atoms with Gasteiger partial charge < -0.3 is 9.74 Å². The Labute approximate surface area is 125 Å². The van der Waals surface area contributed by atoms with E-state index in [9.17, 15) is 4.79 Å². The molecule has 2 aliphatic rings. The quantitative estimate of drug-likeness (QED) is 0.838. The number of carbonyl (C=O) groups excluding carboxylic acids is 1. The first-order valence-corrected chi connectivity index (χ1v) is 7.72. The van der Waals surface area contributed by atoms with Crippen LogP contribution in [0.5, 0.6) is 0 Å². The van der Waals surface area contributed by atoms with E-state index in [1.54, 1.807) is 0 Å². The summed E-state index contributed by atoms with van der Waals surface area (Å²) in [6.07, 6.45) is 3.90. The molecule has 112 valence electrons. The largest absolute Gasteiger partial charge is 0.379 e. The van der Waals surface area contributed by atoms with Crippen molar-refractivity contribution in [2.45, 2.75) is 51.2 Å². The van der Waals surface area contributed by atoms with Gasteiger partial charge in [0.25, 0.3) is 5.91 Å². The molecule has 1 fully saturated rings. The van der Waals surface area contributed by atoms with Gasteiger partial charge in [-0.05, 0) is 38.7 Å². The van der Waals surface area contributed by atoms with E-state index in [-0.39, 0.29) is 5.91 Å². The monoisotopic (exact) mass is 286 g/mol. The molecule has 0 aliphatic carbocycles. The third-order valence-electron chi connectivity index (χ3n) is 4.49. The fourth-order valence-corrected chi connectivity index (χ4v) is 3.14. The SMILES string of the molecule is C[C@@H]1CCCCN1C(=O)[C@@]1(C)CC(c2ccccc2)=NO1. The third-order valence-corrected chi connectivity index (χ3v) is 4.49. The molecule has 0 unspecified atom stereocenters. The van der Waals surface area contributed by atoms with E-state index in [4.69, 9.17) is 4.84 Å². The lowest BCUT2D eigenvalue weighted by atomic mass is 9.92. The molecule has 3 rings (SSSR count). The molecule has 0 saturated carbocycles. The van der Waals surface area contributed by atoms with Crippen LogP contribution >= 0.6 is 0 Å². The van der Waals surface area contributed by atoms with Crippen molar-refractivity contribution in [3.8, 4) is 0 Å². The molecule has 0 aromatic heterocycles. The summed E-state index contributed by atoms with van der Waals surface area (Å²) in [6, 6.07) is 10.2. The van der Waals surface area contributed by atoms with Crippen molar-refractivity contribution in [3.05, 3.63) is 35.9 Å². The maximum atomic E-state index is 12.8. The van der Waals surface area contributed by atoms with Crippen molar-refractivity contribution in [2.24, 2.45) is 5.16 Å². The number of carbonyl (C=O) groups is 1. The highest BCUT2D eigenvalue weighted by atomic mass is 16.7. The van der Waals surface area contributed by atoms with Crippen molar-refractivity contribution < 1.29 is 9.63 Å². The minimum atomic E-state index is -0.850. The Kier molecular flexibility index (Phi) is 3.70. The minimum Gasteiger partial charge on any atom is -0.379 e. The van der Waals surface area contributed by atoms with Gasteiger partial charge in [-0.3, -0.25) is 4.79 Å². The van der Waals surface area contributed by atoms with Gasteiger partial charge in [0.15, 0.2) is 0 Å². The van der Waals surface area contributed by atoms with Crippen molar-refractivity contribution in [2.75, 3.05) is 6.54 Å². The Hall–Kier alpha value is -1.84. The predicted molar refractivity (Wildman–Crippen MR) is 82.1 cm³/mol. The summed E-state index contributed by atoms with van der Waals surface area (Å²) in [5.41, 5.74) is 1.04. The van der Waals surface area contributed by atoms with Crippen molar-refractivity contribution >= 4 is 11.6 Å². The molecule has 1 aromatic carbocycles. The zero-order valence-corrected chi connectivity index (χ0v) is 12.7. The van der Waals surface area contributed by atoms with Crippen LogP contribution in [0.2, 0.25) is 0 Å². The average Bonchev–Trinajstić information content (AvgIpc) is 2.92. The zero-order valence-electron chi connectivity index (χ0n) is 12.7. The molecule has 0 N–H and O–H groups in total. The number of oxime groups is 1. The van der Waals surface area contributed by atoms with Gasteiger partial charge in [-0.1, -0.05) is 35.5 Å². The van der Waals surface area contributed by atoms with Crippen LogP contribution < -0.4 is 0 Å². The Balaban J connectivity index is 1.73. The van der Waals surface area contributed by atoms with Crippen molar-refractivity contribution in [1.29, 1.82) is 0 Å². The molecule has 0 bridgehead atoms. The summed E-state index contributed by atoms with van der Waals surface area (Å²) < 4.78 is 0. The second kappa shape index (κ2) is 5.51. The number of hydrogen-bond donors (Lipinski definition) is 0. The highest BCUT2D eigenvalue weighted by molar-refractivity contribution is 6.05. The van der Waals surface area contributed by atoms with E-state index in [0.29, 0.717) is 12.5 Å². The lowest BCUT2D eigenvalue weighted by molar-refractivity contribution is -0.156. The molecular weight excluding hydrogens is 264 g/mol. The summed E-state index contributed by atoms with van der Waals surface area (Å²) >= 11 is 0. The van der Waals surface area contributed by atoms with Crippen LogP contribution in [0, 0.1) is 0 Å². The van der Waals surface area contributed by atoms with E-state index in [0.717, 1.165) is 30.7 Å².